The number of rotatable bonds is 6. The smallest absolute Gasteiger partial charge is 0.168 e. The number of pyridine rings is 2. The standard InChI is InChI=1S/C28H26FN7O2/c1-38-23-6-2-5-21(29)27(23)28-31-10-9-24(34-28)33-25-14-22(35-12-3-4-19(37)17-35)20(15-32-25)18-7-8-26-30-11-13-36(26)16-18/h2,5-11,13-16,19,37H,3-4,12,17H2,1H3,(H,31,32,33,34)/t19-/m0/s1. The van der Waals surface area contributed by atoms with Crippen molar-refractivity contribution in [2.24, 2.45) is 0 Å². The fourth-order valence-corrected chi connectivity index (χ4v) is 4.82. The van der Waals surface area contributed by atoms with Crippen LogP contribution in [0.3, 0.4) is 0 Å². The second kappa shape index (κ2) is 10.1. The molecule has 1 saturated heterocycles. The maximum absolute atomic E-state index is 14.6. The number of methoxy groups -OCH3 is 1. The molecule has 0 spiro atoms. The molecule has 1 aromatic carbocycles. The second-order valence-electron chi connectivity index (χ2n) is 9.15. The van der Waals surface area contributed by atoms with Crippen LogP contribution in [0.4, 0.5) is 21.7 Å². The lowest BCUT2D eigenvalue weighted by atomic mass is 10.0. The molecule has 192 valence electrons. The van der Waals surface area contributed by atoms with Crippen molar-refractivity contribution in [1.29, 1.82) is 0 Å². The van der Waals surface area contributed by atoms with Crippen LogP contribution in [0.2, 0.25) is 0 Å². The number of nitrogens with zero attached hydrogens (tertiary/aromatic N) is 6. The van der Waals surface area contributed by atoms with Gasteiger partial charge in [-0.3, -0.25) is 0 Å². The summed E-state index contributed by atoms with van der Waals surface area (Å²) in [7, 11) is 1.48. The summed E-state index contributed by atoms with van der Waals surface area (Å²) in [6.45, 7) is 1.36. The van der Waals surface area contributed by atoms with E-state index in [0.29, 0.717) is 23.9 Å². The molecule has 9 nitrogen and oxygen atoms in total. The highest BCUT2D eigenvalue weighted by molar-refractivity contribution is 5.81. The number of imidazole rings is 1. The minimum atomic E-state index is -0.468. The molecular formula is C28H26FN7O2. The summed E-state index contributed by atoms with van der Waals surface area (Å²) in [4.78, 5) is 20.0. The van der Waals surface area contributed by atoms with Gasteiger partial charge in [0.2, 0.25) is 0 Å². The van der Waals surface area contributed by atoms with Gasteiger partial charge in [0.15, 0.2) is 5.82 Å². The molecule has 10 heteroatoms. The average Bonchev–Trinajstić information content (AvgIpc) is 3.41. The van der Waals surface area contributed by atoms with E-state index in [4.69, 9.17) is 4.74 Å². The molecular weight excluding hydrogens is 485 g/mol. The normalized spacial score (nSPS) is 15.6. The van der Waals surface area contributed by atoms with Gasteiger partial charge in [0.1, 0.15) is 28.8 Å². The number of fused-ring (bicyclic) bond motifs is 1. The number of piperidine rings is 1. The lowest BCUT2D eigenvalue weighted by Gasteiger charge is -2.33. The summed E-state index contributed by atoms with van der Waals surface area (Å²) in [5, 5.41) is 13.6. The van der Waals surface area contributed by atoms with Crippen molar-refractivity contribution in [3.8, 4) is 28.3 Å². The molecule has 1 fully saturated rings. The van der Waals surface area contributed by atoms with Crippen LogP contribution in [0.25, 0.3) is 28.2 Å². The van der Waals surface area contributed by atoms with Gasteiger partial charge in [-0.05, 0) is 43.2 Å². The van der Waals surface area contributed by atoms with E-state index in [1.165, 1.54) is 13.2 Å². The third kappa shape index (κ3) is 4.61. The first-order valence-corrected chi connectivity index (χ1v) is 12.4. The van der Waals surface area contributed by atoms with E-state index >= 15 is 0 Å². The number of hydrogen-bond donors (Lipinski definition) is 2. The summed E-state index contributed by atoms with van der Waals surface area (Å²) in [5.41, 5.74) is 3.94. The van der Waals surface area contributed by atoms with Gasteiger partial charge < -0.3 is 24.5 Å². The molecule has 2 N–H and O–H groups in total. The number of nitrogens with one attached hydrogen (secondary N) is 1. The van der Waals surface area contributed by atoms with E-state index in [-0.39, 0.29) is 11.4 Å². The minimum absolute atomic E-state index is 0.194. The highest BCUT2D eigenvalue weighted by Crippen LogP contribution is 2.35. The second-order valence-corrected chi connectivity index (χ2v) is 9.15. The topological polar surface area (TPSA) is 101 Å². The maximum Gasteiger partial charge on any atom is 0.168 e. The Morgan fingerprint density at radius 1 is 1.08 bits per heavy atom. The molecule has 1 aliphatic heterocycles. The number of halogens is 1. The van der Waals surface area contributed by atoms with Crippen LogP contribution in [0, 0.1) is 5.82 Å². The molecule has 5 heterocycles. The Morgan fingerprint density at radius 3 is 2.87 bits per heavy atom. The van der Waals surface area contributed by atoms with Gasteiger partial charge in [0, 0.05) is 67.0 Å². The van der Waals surface area contributed by atoms with Crippen LogP contribution >= 0.6 is 0 Å². The van der Waals surface area contributed by atoms with E-state index in [1.807, 2.05) is 41.2 Å². The van der Waals surface area contributed by atoms with Gasteiger partial charge in [-0.2, -0.15) is 0 Å². The Morgan fingerprint density at radius 2 is 2.00 bits per heavy atom. The summed E-state index contributed by atoms with van der Waals surface area (Å²) in [6.07, 6.45) is 10.4. The van der Waals surface area contributed by atoms with E-state index < -0.39 is 11.9 Å². The minimum Gasteiger partial charge on any atom is -0.496 e. The van der Waals surface area contributed by atoms with E-state index in [9.17, 15) is 9.50 Å². The Labute approximate surface area is 218 Å². The largest absolute Gasteiger partial charge is 0.496 e. The zero-order valence-corrected chi connectivity index (χ0v) is 20.8. The van der Waals surface area contributed by atoms with E-state index in [1.54, 1.807) is 30.6 Å². The quantitative estimate of drug-likeness (QED) is 0.338. The summed E-state index contributed by atoms with van der Waals surface area (Å²) in [5.74, 6) is 1.12. The highest BCUT2D eigenvalue weighted by atomic mass is 19.1. The van der Waals surface area contributed by atoms with Gasteiger partial charge in [-0.15, -0.1) is 0 Å². The van der Waals surface area contributed by atoms with Crippen molar-refractivity contribution < 1.29 is 14.2 Å². The third-order valence-corrected chi connectivity index (χ3v) is 6.65. The Hall–Kier alpha value is -4.57. The third-order valence-electron chi connectivity index (χ3n) is 6.65. The van der Waals surface area contributed by atoms with Gasteiger partial charge in [-0.25, -0.2) is 24.3 Å². The average molecular weight is 512 g/mol. The van der Waals surface area contributed by atoms with Crippen molar-refractivity contribution >= 4 is 23.0 Å². The van der Waals surface area contributed by atoms with Crippen molar-refractivity contribution in [1.82, 2.24) is 24.3 Å². The lowest BCUT2D eigenvalue weighted by molar-refractivity contribution is 0.154. The number of aromatic nitrogens is 5. The van der Waals surface area contributed by atoms with Gasteiger partial charge >= 0.3 is 0 Å². The summed E-state index contributed by atoms with van der Waals surface area (Å²) in [6, 6.07) is 12.2. The summed E-state index contributed by atoms with van der Waals surface area (Å²) >= 11 is 0. The fraction of sp³-hybridized carbons (Fsp3) is 0.214. The zero-order chi connectivity index (χ0) is 26.1. The van der Waals surface area contributed by atoms with Gasteiger partial charge in [-0.1, -0.05) is 6.07 Å². The number of ether oxygens (including phenoxy) is 1. The van der Waals surface area contributed by atoms with E-state index in [0.717, 1.165) is 41.8 Å². The van der Waals surface area contributed by atoms with Crippen LogP contribution in [0.5, 0.6) is 5.75 Å². The highest BCUT2D eigenvalue weighted by Gasteiger charge is 2.22. The Bertz CT molecular complexity index is 1610. The molecule has 6 rings (SSSR count). The molecule has 0 radical (unpaired) electrons. The number of anilines is 3. The molecule has 0 unspecified atom stereocenters. The maximum atomic E-state index is 14.6. The number of aliphatic hydroxyl groups is 1. The Balaban J connectivity index is 1.37. The van der Waals surface area contributed by atoms with Crippen molar-refractivity contribution in [2.75, 3.05) is 30.4 Å². The molecule has 4 aromatic heterocycles. The van der Waals surface area contributed by atoms with Crippen LogP contribution in [-0.2, 0) is 0 Å². The molecule has 1 atom stereocenters. The molecule has 0 amide bonds. The fourth-order valence-electron chi connectivity index (χ4n) is 4.82. The van der Waals surface area contributed by atoms with Crippen LogP contribution in [0.15, 0.2) is 73.4 Å². The van der Waals surface area contributed by atoms with E-state index in [2.05, 4.69) is 30.2 Å². The van der Waals surface area contributed by atoms with Crippen molar-refractivity contribution in [3.63, 3.8) is 0 Å². The molecule has 38 heavy (non-hydrogen) atoms. The first-order valence-electron chi connectivity index (χ1n) is 12.4. The lowest BCUT2D eigenvalue weighted by Crippen LogP contribution is -2.38. The van der Waals surface area contributed by atoms with Crippen LogP contribution in [-0.4, -0.2) is 55.7 Å². The van der Waals surface area contributed by atoms with Gasteiger partial charge in [0.25, 0.3) is 0 Å². The van der Waals surface area contributed by atoms with Gasteiger partial charge in [0.05, 0.1) is 18.8 Å². The first-order chi connectivity index (χ1) is 18.6. The number of aliphatic hydroxyl groups excluding tert-OH is 1. The van der Waals surface area contributed by atoms with Crippen LogP contribution < -0.4 is 15.0 Å². The molecule has 0 saturated carbocycles. The zero-order valence-electron chi connectivity index (χ0n) is 20.8. The van der Waals surface area contributed by atoms with Crippen molar-refractivity contribution in [3.05, 3.63) is 79.3 Å². The Kier molecular flexibility index (Phi) is 6.30. The molecule has 0 bridgehead atoms. The molecule has 5 aromatic rings. The molecule has 0 aliphatic carbocycles. The SMILES string of the molecule is COc1cccc(F)c1-c1nccc(Nc2cc(N3CCC[C@H](O)C3)c(-c3ccc4nccn4c3)cn2)n1. The predicted octanol–water partition coefficient (Wildman–Crippen LogP) is 4.71. The first kappa shape index (κ1) is 23.8. The number of hydrogen-bond acceptors (Lipinski definition) is 8. The monoisotopic (exact) mass is 511 g/mol. The number of β-amino-alcohol motifs (C(OH)–C–C–N with tert-alkyl or cyclic N) is 1. The number of benzene rings is 1. The predicted molar refractivity (Wildman–Crippen MR) is 143 cm³/mol. The summed E-state index contributed by atoms with van der Waals surface area (Å²) < 4.78 is 21.9. The molecule has 1 aliphatic rings. The van der Waals surface area contributed by atoms with Crippen LogP contribution in [0.1, 0.15) is 12.8 Å². The van der Waals surface area contributed by atoms with Crippen molar-refractivity contribution in [2.45, 2.75) is 18.9 Å².